The van der Waals surface area contributed by atoms with Crippen molar-refractivity contribution in [3.63, 3.8) is 0 Å². The Kier molecular flexibility index (Phi) is 3.39. The molecule has 4 heteroatoms. The second-order valence-electron chi connectivity index (χ2n) is 4.67. The highest BCUT2D eigenvalue weighted by Gasteiger charge is 2.16. The number of aromatic nitrogens is 3. The van der Waals surface area contributed by atoms with Gasteiger partial charge in [-0.3, -0.25) is 4.98 Å². The van der Waals surface area contributed by atoms with Gasteiger partial charge in [0.15, 0.2) is 0 Å². The zero-order chi connectivity index (χ0) is 13.9. The predicted molar refractivity (Wildman–Crippen MR) is 79.4 cm³/mol. The van der Waals surface area contributed by atoms with Crippen molar-refractivity contribution in [3.05, 3.63) is 65.9 Å². The Balaban J connectivity index is 2.17. The molecule has 1 aromatic carbocycles. The van der Waals surface area contributed by atoms with E-state index >= 15 is 0 Å². The Labute approximate surface area is 117 Å². The van der Waals surface area contributed by atoms with Crippen molar-refractivity contribution in [2.24, 2.45) is 0 Å². The highest BCUT2D eigenvalue weighted by atomic mass is 14.9. The Bertz CT molecular complexity index is 734. The number of nitrogens with zero attached hydrogens (tertiary/aromatic N) is 3. The molecule has 0 aliphatic carbocycles. The summed E-state index contributed by atoms with van der Waals surface area (Å²) in [5, 5.41) is 4.48. The molecule has 0 bridgehead atoms. The average molecular weight is 264 g/mol. The summed E-state index contributed by atoms with van der Waals surface area (Å²) in [5.41, 5.74) is 3.14. The molecule has 0 amide bonds. The third kappa shape index (κ3) is 2.26. The molecule has 2 heterocycles. The van der Waals surface area contributed by atoms with Gasteiger partial charge in [-0.2, -0.15) is 0 Å². The molecule has 100 valence electrons. The SMILES string of the molecule is CNC(c1ccnc(C)n1)c1cccc2ncccc12. The van der Waals surface area contributed by atoms with Gasteiger partial charge in [-0.05, 0) is 37.7 Å². The van der Waals surface area contributed by atoms with Crippen LogP contribution in [0.15, 0.2) is 48.8 Å². The van der Waals surface area contributed by atoms with E-state index in [1.165, 1.54) is 5.56 Å². The minimum atomic E-state index is 0.0320. The molecule has 3 aromatic rings. The molecule has 3 rings (SSSR count). The standard InChI is InChI=1S/C16H16N4/c1-11-18-10-8-15(20-11)16(17-2)13-5-3-7-14-12(13)6-4-9-19-14/h3-10,16-17H,1-2H3. The van der Waals surface area contributed by atoms with E-state index in [-0.39, 0.29) is 6.04 Å². The number of nitrogens with one attached hydrogen (secondary N) is 1. The van der Waals surface area contributed by atoms with Gasteiger partial charge in [0.25, 0.3) is 0 Å². The fraction of sp³-hybridized carbons (Fsp3) is 0.188. The summed E-state index contributed by atoms with van der Waals surface area (Å²) < 4.78 is 0. The molecular formula is C16H16N4. The molecule has 1 N–H and O–H groups in total. The minimum absolute atomic E-state index is 0.0320. The van der Waals surface area contributed by atoms with Gasteiger partial charge in [-0.1, -0.05) is 18.2 Å². The van der Waals surface area contributed by atoms with Crippen LogP contribution >= 0.6 is 0 Å². The van der Waals surface area contributed by atoms with Crippen molar-refractivity contribution in [2.45, 2.75) is 13.0 Å². The summed E-state index contributed by atoms with van der Waals surface area (Å²) in [5.74, 6) is 0.779. The molecule has 0 fully saturated rings. The first-order valence-electron chi connectivity index (χ1n) is 6.60. The maximum atomic E-state index is 4.53. The van der Waals surface area contributed by atoms with E-state index in [1.54, 1.807) is 6.20 Å². The molecule has 0 saturated carbocycles. The van der Waals surface area contributed by atoms with E-state index in [9.17, 15) is 0 Å². The molecule has 0 saturated heterocycles. The van der Waals surface area contributed by atoms with Crippen LogP contribution in [0.5, 0.6) is 0 Å². The van der Waals surface area contributed by atoms with Gasteiger partial charge in [0.05, 0.1) is 17.3 Å². The number of aryl methyl sites for hydroxylation is 1. The first kappa shape index (κ1) is 12.7. The van der Waals surface area contributed by atoms with Crippen LogP contribution < -0.4 is 5.32 Å². The van der Waals surface area contributed by atoms with Crippen LogP contribution in [0.25, 0.3) is 10.9 Å². The predicted octanol–water partition coefficient (Wildman–Crippen LogP) is 2.64. The lowest BCUT2D eigenvalue weighted by Crippen LogP contribution is -2.19. The van der Waals surface area contributed by atoms with Crippen LogP contribution in [0, 0.1) is 6.92 Å². The minimum Gasteiger partial charge on any atom is -0.308 e. The average Bonchev–Trinajstić information content (AvgIpc) is 2.48. The maximum Gasteiger partial charge on any atom is 0.125 e. The van der Waals surface area contributed by atoms with Crippen LogP contribution in [0.2, 0.25) is 0 Å². The highest BCUT2D eigenvalue weighted by molar-refractivity contribution is 5.82. The third-order valence-electron chi connectivity index (χ3n) is 3.37. The van der Waals surface area contributed by atoms with Gasteiger partial charge < -0.3 is 5.32 Å². The van der Waals surface area contributed by atoms with E-state index in [0.29, 0.717) is 0 Å². The maximum absolute atomic E-state index is 4.53. The zero-order valence-electron chi connectivity index (χ0n) is 11.5. The fourth-order valence-electron chi connectivity index (χ4n) is 2.48. The topological polar surface area (TPSA) is 50.7 Å². The van der Waals surface area contributed by atoms with Crippen molar-refractivity contribution < 1.29 is 0 Å². The van der Waals surface area contributed by atoms with Crippen molar-refractivity contribution in [1.82, 2.24) is 20.3 Å². The second-order valence-corrected chi connectivity index (χ2v) is 4.67. The van der Waals surface area contributed by atoms with E-state index in [0.717, 1.165) is 22.4 Å². The first-order chi connectivity index (χ1) is 9.79. The summed E-state index contributed by atoms with van der Waals surface area (Å²) in [6.07, 6.45) is 3.61. The molecule has 2 aromatic heterocycles. The molecule has 0 aliphatic heterocycles. The lowest BCUT2D eigenvalue weighted by molar-refractivity contribution is 0.669. The van der Waals surface area contributed by atoms with Crippen molar-refractivity contribution in [3.8, 4) is 0 Å². The highest BCUT2D eigenvalue weighted by Crippen LogP contribution is 2.26. The zero-order valence-corrected chi connectivity index (χ0v) is 11.5. The van der Waals surface area contributed by atoms with Crippen LogP contribution in [-0.4, -0.2) is 22.0 Å². The lowest BCUT2D eigenvalue weighted by atomic mass is 9.99. The molecule has 1 atom stereocenters. The van der Waals surface area contributed by atoms with Gasteiger partial charge in [0, 0.05) is 17.8 Å². The van der Waals surface area contributed by atoms with E-state index in [4.69, 9.17) is 0 Å². The van der Waals surface area contributed by atoms with Gasteiger partial charge in [-0.15, -0.1) is 0 Å². The van der Waals surface area contributed by atoms with Crippen molar-refractivity contribution in [1.29, 1.82) is 0 Å². The molecule has 0 spiro atoms. The van der Waals surface area contributed by atoms with Crippen LogP contribution in [0.3, 0.4) is 0 Å². The summed E-state index contributed by atoms with van der Waals surface area (Å²) in [4.78, 5) is 13.1. The summed E-state index contributed by atoms with van der Waals surface area (Å²) in [7, 11) is 1.94. The quantitative estimate of drug-likeness (QED) is 0.790. The third-order valence-corrected chi connectivity index (χ3v) is 3.37. The normalized spacial score (nSPS) is 12.5. The van der Waals surface area contributed by atoms with Crippen LogP contribution in [0.4, 0.5) is 0 Å². The number of benzene rings is 1. The lowest BCUT2D eigenvalue weighted by Gasteiger charge is -2.18. The molecule has 1 unspecified atom stereocenters. The molecule has 4 nitrogen and oxygen atoms in total. The van der Waals surface area contributed by atoms with Gasteiger partial charge in [-0.25, -0.2) is 9.97 Å². The Morgan fingerprint density at radius 2 is 1.90 bits per heavy atom. The largest absolute Gasteiger partial charge is 0.308 e. The van der Waals surface area contributed by atoms with Crippen LogP contribution in [0.1, 0.15) is 23.1 Å². The van der Waals surface area contributed by atoms with Gasteiger partial charge in [0.2, 0.25) is 0 Å². The summed E-state index contributed by atoms with van der Waals surface area (Å²) in [6.45, 7) is 1.90. The molecule has 20 heavy (non-hydrogen) atoms. The molecular weight excluding hydrogens is 248 g/mol. The molecule has 0 radical (unpaired) electrons. The Morgan fingerprint density at radius 1 is 1.00 bits per heavy atom. The second kappa shape index (κ2) is 5.35. The van der Waals surface area contributed by atoms with E-state index < -0.39 is 0 Å². The van der Waals surface area contributed by atoms with Gasteiger partial charge >= 0.3 is 0 Å². The first-order valence-corrected chi connectivity index (χ1v) is 6.60. The summed E-state index contributed by atoms with van der Waals surface area (Å²) >= 11 is 0. The van der Waals surface area contributed by atoms with E-state index in [2.05, 4.69) is 32.4 Å². The number of hydrogen-bond acceptors (Lipinski definition) is 4. The Morgan fingerprint density at radius 3 is 2.70 bits per heavy atom. The number of pyridine rings is 1. The van der Waals surface area contributed by atoms with Crippen LogP contribution in [-0.2, 0) is 0 Å². The van der Waals surface area contributed by atoms with Gasteiger partial charge in [0.1, 0.15) is 5.82 Å². The Hall–Kier alpha value is -2.33. The summed E-state index contributed by atoms with van der Waals surface area (Å²) in [6, 6.07) is 12.2. The van der Waals surface area contributed by atoms with Crippen molar-refractivity contribution in [2.75, 3.05) is 7.05 Å². The fourth-order valence-corrected chi connectivity index (χ4v) is 2.48. The molecule has 0 aliphatic rings. The number of rotatable bonds is 3. The number of hydrogen-bond donors (Lipinski definition) is 1. The smallest absolute Gasteiger partial charge is 0.125 e. The van der Waals surface area contributed by atoms with E-state index in [1.807, 2.05) is 44.4 Å². The van der Waals surface area contributed by atoms with Crippen molar-refractivity contribution >= 4 is 10.9 Å². The monoisotopic (exact) mass is 264 g/mol. The number of fused-ring (bicyclic) bond motifs is 1.